The van der Waals surface area contributed by atoms with Gasteiger partial charge in [0.1, 0.15) is 0 Å². The monoisotopic (exact) mass is 719 g/mol. The highest BCUT2D eigenvalue weighted by Gasteiger charge is 3.00. The quantitative estimate of drug-likeness (QED) is 0.187. The molecule has 29 heteroatoms. The Hall–Kier alpha value is -2.03. The predicted octanol–water partition coefficient (Wildman–Crippen LogP) is 9.60. The van der Waals surface area contributed by atoms with Crippen molar-refractivity contribution < 1.29 is 127 Å². The summed E-state index contributed by atoms with van der Waals surface area (Å²) in [4.78, 5) is 0. The van der Waals surface area contributed by atoms with Crippen molar-refractivity contribution in [3.05, 3.63) is 6.17 Å². The van der Waals surface area contributed by atoms with Crippen LogP contribution in [0.3, 0.4) is 0 Å². The van der Waals surface area contributed by atoms with Gasteiger partial charge in [-0.25, -0.2) is 4.39 Å². The minimum atomic E-state index is -9.87. The lowest BCUT2D eigenvalue weighted by Crippen LogP contribution is -2.78. The van der Waals surface area contributed by atoms with Crippen molar-refractivity contribution in [2.24, 2.45) is 0 Å². The fourth-order valence-corrected chi connectivity index (χ4v) is 2.27. The summed E-state index contributed by atoms with van der Waals surface area (Å²) in [6.45, 7) is 0. The summed E-state index contributed by atoms with van der Waals surface area (Å²) < 4.78 is 376. The normalized spacial score (nSPS) is 17.2. The molecule has 0 aliphatic heterocycles. The van der Waals surface area contributed by atoms with Crippen LogP contribution in [0, 0.1) is 6.17 Å². The molecule has 1 radical (unpaired) electrons. The molecule has 0 N–H and O–H groups in total. The van der Waals surface area contributed by atoms with Crippen molar-refractivity contribution in [3.8, 4) is 0 Å². The summed E-state index contributed by atoms with van der Waals surface area (Å²) in [6.07, 6.45) is -21.8. The molecule has 0 bridgehead atoms. The Bertz CT molecular complexity index is 1000. The summed E-state index contributed by atoms with van der Waals surface area (Å²) in [5, 5.41) is 0. The van der Waals surface area contributed by atoms with Crippen LogP contribution in [-0.2, 0) is 0 Å². The maximum Gasteiger partial charge on any atom is 0.460 e. The van der Waals surface area contributed by atoms with Gasteiger partial charge in [0.05, 0.1) is 0 Å². The number of hydrogen-bond acceptors (Lipinski definition) is 0. The van der Waals surface area contributed by atoms with E-state index in [1.807, 2.05) is 0 Å². The second-order valence-corrected chi connectivity index (χ2v) is 7.63. The second kappa shape index (κ2) is 9.73. The molecule has 0 aliphatic carbocycles. The van der Waals surface area contributed by atoms with Gasteiger partial charge in [-0.2, -0.15) is 123 Å². The summed E-state index contributed by atoms with van der Waals surface area (Å²) in [7, 11) is 0. The maximum absolute atomic E-state index is 13.5. The van der Waals surface area contributed by atoms with Gasteiger partial charge in [-0.15, -0.1) is 0 Å². The van der Waals surface area contributed by atoms with Gasteiger partial charge in [0, 0.05) is 0 Å². The molecule has 0 aromatic heterocycles. The largest absolute Gasteiger partial charge is 0.460 e. The molecule has 0 spiro atoms. The van der Waals surface area contributed by atoms with Crippen LogP contribution in [0.5, 0.6) is 0 Å². The summed E-state index contributed by atoms with van der Waals surface area (Å²) in [5.41, 5.74) is 0. The Labute approximate surface area is 212 Å². The zero-order valence-electron chi connectivity index (χ0n) is 18.0. The lowest BCUT2D eigenvalue weighted by molar-refractivity contribution is -0.482. The molecule has 0 amide bonds. The molecule has 43 heavy (non-hydrogen) atoms. The Morgan fingerprint density at radius 2 is 0.395 bits per heavy atom. The first-order valence-corrected chi connectivity index (χ1v) is 8.73. The molecule has 0 saturated heterocycles. The van der Waals surface area contributed by atoms with Gasteiger partial charge in [0.15, 0.2) is 0 Å². The molecule has 0 aromatic rings. The van der Waals surface area contributed by atoms with Crippen LogP contribution in [0.4, 0.5) is 127 Å². The van der Waals surface area contributed by atoms with Gasteiger partial charge in [-0.1, -0.05) is 0 Å². The highest BCUT2D eigenvalue weighted by atomic mass is 19.4. The molecule has 0 rings (SSSR count). The molecule has 0 atom stereocenters. The molecule has 0 aliphatic rings. The first-order chi connectivity index (χ1) is 17.9. The zero-order chi connectivity index (χ0) is 36.1. The molecule has 0 heterocycles. The van der Waals surface area contributed by atoms with Gasteiger partial charge in [0.25, 0.3) is 0 Å². The Kier molecular flexibility index (Phi) is 9.27. The Balaban J connectivity index is 7.42. The second-order valence-electron chi connectivity index (χ2n) is 7.63. The van der Waals surface area contributed by atoms with E-state index in [1.165, 1.54) is 0 Å². The van der Waals surface area contributed by atoms with E-state index in [0.29, 0.717) is 0 Å². The number of halogens is 29. The van der Waals surface area contributed by atoms with Gasteiger partial charge < -0.3 is 0 Å². The van der Waals surface area contributed by atoms with E-state index in [4.69, 9.17) is 0 Å². The standard InChI is InChI=1S/C14F29/c15-1(3(18,19)20)2(16,17)4(21,22)5(23,24)6(25,26)7(27,28)8(29,30)9(31,32)10(33,34)11(35,36)12(37,38)13(39,40)14(41,42)43. The fourth-order valence-electron chi connectivity index (χ4n) is 2.27. The van der Waals surface area contributed by atoms with Crippen LogP contribution in [0.1, 0.15) is 0 Å². The van der Waals surface area contributed by atoms with Gasteiger partial charge in [0.2, 0.25) is 0 Å². The SMILES string of the molecule is F[C](C(F)(F)F)C(F)(F)C(F)(F)C(F)(F)C(F)(F)C(F)(F)C(F)(F)C(F)(F)C(F)(F)C(F)(F)C(F)(F)C(F)(F)C(F)(F)F. The van der Waals surface area contributed by atoms with Crippen molar-refractivity contribution in [2.45, 2.75) is 77.5 Å². The minimum Gasteiger partial charge on any atom is -0.222 e. The number of hydrogen-bond donors (Lipinski definition) is 0. The predicted molar refractivity (Wildman–Crippen MR) is 70.9 cm³/mol. The van der Waals surface area contributed by atoms with Crippen molar-refractivity contribution in [1.82, 2.24) is 0 Å². The van der Waals surface area contributed by atoms with Gasteiger partial charge in [-0.3, -0.25) is 0 Å². The van der Waals surface area contributed by atoms with Crippen molar-refractivity contribution in [3.63, 3.8) is 0 Å². The molecule has 259 valence electrons. The number of rotatable bonds is 11. The van der Waals surface area contributed by atoms with Gasteiger partial charge >= 0.3 is 83.7 Å². The first kappa shape index (κ1) is 41.0. The van der Waals surface area contributed by atoms with E-state index in [9.17, 15) is 127 Å². The molecule has 0 aromatic carbocycles. The third-order valence-corrected chi connectivity index (χ3v) is 4.82. The van der Waals surface area contributed by atoms with Crippen LogP contribution in [0.15, 0.2) is 0 Å². The van der Waals surface area contributed by atoms with Crippen LogP contribution < -0.4 is 0 Å². The van der Waals surface area contributed by atoms with E-state index < -0.39 is 83.7 Å². The van der Waals surface area contributed by atoms with Crippen molar-refractivity contribution >= 4 is 0 Å². The molecule has 0 unspecified atom stereocenters. The average Bonchev–Trinajstić information content (AvgIpc) is 2.75. The Morgan fingerprint density at radius 1 is 0.233 bits per heavy atom. The van der Waals surface area contributed by atoms with E-state index in [0.717, 1.165) is 0 Å². The lowest BCUT2D eigenvalue weighted by Gasteiger charge is -2.45. The molecular weight excluding hydrogens is 719 g/mol. The van der Waals surface area contributed by atoms with Crippen LogP contribution in [0.2, 0.25) is 0 Å². The zero-order valence-corrected chi connectivity index (χ0v) is 18.0. The van der Waals surface area contributed by atoms with Crippen LogP contribution >= 0.6 is 0 Å². The highest BCUT2D eigenvalue weighted by Crippen LogP contribution is 2.68. The third kappa shape index (κ3) is 4.85. The minimum absolute atomic E-state index is 5.85. The van der Waals surface area contributed by atoms with E-state index >= 15 is 0 Å². The average molecular weight is 719 g/mol. The highest BCUT2D eigenvalue weighted by molar-refractivity contribution is 5.21. The molecule has 0 saturated carbocycles. The smallest absolute Gasteiger partial charge is 0.222 e. The summed E-state index contributed by atoms with van der Waals surface area (Å²) in [5.74, 6) is -104. The van der Waals surface area contributed by atoms with Crippen molar-refractivity contribution in [2.75, 3.05) is 0 Å². The van der Waals surface area contributed by atoms with E-state index in [2.05, 4.69) is 0 Å². The molecular formula is C14F29. The van der Waals surface area contributed by atoms with E-state index in [1.54, 1.807) is 0 Å². The van der Waals surface area contributed by atoms with E-state index in [-0.39, 0.29) is 0 Å². The lowest BCUT2D eigenvalue weighted by atomic mass is 9.84. The maximum atomic E-state index is 13.5. The Morgan fingerprint density at radius 3 is 0.558 bits per heavy atom. The van der Waals surface area contributed by atoms with Crippen LogP contribution in [0.25, 0.3) is 0 Å². The summed E-state index contributed by atoms with van der Waals surface area (Å²) >= 11 is 0. The first-order valence-electron chi connectivity index (χ1n) is 8.73. The van der Waals surface area contributed by atoms with Crippen molar-refractivity contribution in [1.29, 1.82) is 0 Å². The molecule has 0 fully saturated rings. The van der Waals surface area contributed by atoms with Gasteiger partial charge in [-0.05, 0) is 0 Å². The summed E-state index contributed by atoms with van der Waals surface area (Å²) in [6, 6.07) is 0. The molecule has 0 nitrogen and oxygen atoms in total. The topological polar surface area (TPSA) is 0 Å². The fraction of sp³-hybridized carbons (Fsp3) is 0.929. The number of alkyl halides is 28. The third-order valence-electron chi connectivity index (χ3n) is 4.82. The van der Waals surface area contributed by atoms with Crippen LogP contribution in [-0.4, -0.2) is 77.5 Å².